The Kier molecular flexibility index (Phi) is 5.07. The van der Waals surface area contributed by atoms with Crippen LogP contribution in [0.5, 0.6) is 0 Å². The maximum Gasteiger partial charge on any atom is 0.271 e. The first-order chi connectivity index (χ1) is 9.24. The van der Waals surface area contributed by atoms with Crippen molar-refractivity contribution < 1.29 is 4.74 Å². The van der Waals surface area contributed by atoms with Gasteiger partial charge in [-0.05, 0) is 30.8 Å². The number of nitrogens with one attached hydrogen (secondary N) is 1. The molecule has 0 unspecified atom stereocenters. The number of fused-ring (bicyclic) bond motifs is 1. The maximum absolute atomic E-state index is 12.2. The summed E-state index contributed by atoms with van der Waals surface area (Å²) in [5, 5.41) is 5.26. The van der Waals surface area contributed by atoms with E-state index >= 15 is 0 Å². The Labute approximate surface area is 116 Å². The average Bonchev–Trinajstić information content (AvgIpc) is 2.78. The number of nitrogens with zero attached hydrogens (tertiary/aromatic N) is 2. The van der Waals surface area contributed by atoms with Gasteiger partial charge in [0.25, 0.3) is 5.56 Å². The first-order valence-electron chi connectivity index (χ1n) is 6.37. The van der Waals surface area contributed by atoms with E-state index < -0.39 is 0 Å². The fraction of sp³-hybridized carbons (Fsp3) is 0.538. The van der Waals surface area contributed by atoms with Gasteiger partial charge in [0, 0.05) is 26.8 Å². The molecular formula is C13H19N3O2S. The molecule has 6 heteroatoms. The van der Waals surface area contributed by atoms with Gasteiger partial charge in [0.05, 0.1) is 11.8 Å². The maximum atomic E-state index is 12.2. The highest BCUT2D eigenvalue weighted by Crippen LogP contribution is 2.19. The number of aryl methyl sites for hydroxylation is 1. The molecule has 0 amide bonds. The molecule has 0 saturated heterocycles. The van der Waals surface area contributed by atoms with Crippen molar-refractivity contribution >= 4 is 21.6 Å². The summed E-state index contributed by atoms with van der Waals surface area (Å²) >= 11 is 1.47. The van der Waals surface area contributed by atoms with Crippen LogP contribution in [0.4, 0.5) is 0 Å². The number of methoxy groups -OCH3 is 1. The molecule has 2 rings (SSSR count). The standard InChI is InChI=1S/C13H19N3O2S/c1-10-8-19-12-11(10)15-9-16(13(12)17)6-5-14-4-3-7-18-2/h8-9,14H,3-7H2,1-2H3. The topological polar surface area (TPSA) is 56.1 Å². The molecule has 5 nitrogen and oxygen atoms in total. The second-order valence-corrected chi connectivity index (χ2v) is 5.32. The molecule has 19 heavy (non-hydrogen) atoms. The number of aromatic nitrogens is 2. The van der Waals surface area contributed by atoms with Crippen LogP contribution < -0.4 is 10.9 Å². The van der Waals surface area contributed by atoms with Crippen molar-refractivity contribution in [2.24, 2.45) is 0 Å². The number of ether oxygens (including phenoxy) is 1. The monoisotopic (exact) mass is 281 g/mol. The highest BCUT2D eigenvalue weighted by atomic mass is 32.1. The van der Waals surface area contributed by atoms with Gasteiger partial charge in [-0.25, -0.2) is 4.98 Å². The van der Waals surface area contributed by atoms with E-state index in [0.29, 0.717) is 6.54 Å². The van der Waals surface area contributed by atoms with Gasteiger partial charge in [-0.1, -0.05) is 0 Å². The lowest BCUT2D eigenvalue weighted by Gasteiger charge is -2.06. The van der Waals surface area contributed by atoms with E-state index in [-0.39, 0.29) is 5.56 Å². The average molecular weight is 281 g/mol. The normalized spacial score (nSPS) is 11.3. The highest BCUT2D eigenvalue weighted by molar-refractivity contribution is 7.17. The molecule has 104 valence electrons. The molecule has 1 N–H and O–H groups in total. The van der Waals surface area contributed by atoms with Crippen LogP contribution in [0, 0.1) is 6.92 Å². The lowest BCUT2D eigenvalue weighted by atomic mass is 10.3. The Morgan fingerprint density at radius 1 is 1.47 bits per heavy atom. The Morgan fingerprint density at radius 3 is 3.11 bits per heavy atom. The number of thiophene rings is 1. The summed E-state index contributed by atoms with van der Waals surface area (Å²) < 4.78 is 7.39. The Bertz CT molecular complexity index is 591. The highest BCUT2D eigenvalue weighted by Gasteiger charge is 2.07. The fourth-order valence-electron chi connectivity index (χ4n) is 1.89. The zero-order valence-corrected chi connectivity index (χ0v) is 12.1. The van der Waals surface area contributed by atoms with Gasteiger partial charge >= 0.3 is 0 Å². The van der Waals surface area contributed by atoms with E-state index in [1.807, 2.05) is 12.3 Å². The van der Waals surface area contributed by atoms with Crippen LogP contribution in [0.1, 0.15) is 12.0 Å². The molecule has 0 fully saturated rings. The van der Waals surface area contributed by atoms with Gasteiger partial charge < -0.3 is 10.1 Å². The summed E-state index contributed by atoms with van der Waals surface area (Å²) in [5.74, 6) is 0. The van der Waals surface area contributed by atoms with Gasteiger partial charge in [-0.2, -0.15) is 0 Å². The van der Waals surface area contributed by atoms with Crippen LogP contribution in [0.25, 0.3) is 10.2 Å². The van der Waals surface area contributed by atoms with Crippen molar-refractivity contribution in [2.75, 3.05) is 26.8 Å². The molecule has 0 atom stereocenters. The van der Waals surface area contributed by atoms with Crippen LogP contribution in [0.2, 0.25) is 0 Å². The number of hydrogen-bond donors (Lipinski definition) is 1. The zero-order chi connectivity index (χ0) is 13.7. The van der Waals surface area contributed by atoms with Crippen molar-refractivity contribution in [2.45, 2.75) is 19.9 Å². The summed E-state index contributed by atoms with van der Waals surface area (Å²) in [6.45, 7) is 5.05. The molecule has 2 aromatic heterocycles. The summed E-state index contributed by atoms with van der Waals surface area (Å²) in [7, 11) is 1.70. The smallest absolute Gasteiger partial charge is 0.271 e. The molecule has 0 aromatic carbocycles. The first-order valence-corrected chi connectivity index (χ1v) is 7.25. The fourth-order valence-corrected chi connectivity index (χ4v) is 2.84. The summed E-state index contributed by atoms with van der Waals surface area (Å²) in [6, 6.07) is 0. The Morgan fingerprint density at radius 2 is 2.32 bits per heavy atom. The van der Waals surface area contributed by atoms with Gasteiger partial charge in [-0.3, -0.25) is 9.36 Å². The van der Waals surface area contributed by atoms with E-state index in [4.69, 9.17) is 4.74 Å². The van der Waals surface area contributed by atoms with Crippen LogP contribution >= 0.6 is 11.3 Å². The summed E-state index contributed by atoms with van der Waals surface area (Å²) in [4.78, 5) is 16.5. The van der Waals surface area contributed by atoms with Crippen LogP contribution in [0.3, 0.4) is 0 Å². The molecule has 2 aromatic rings. The van der Waals surface area contributed by atoms with E-state index in [2.05, 4.69) is 10.3 Å². The largest absolute Gasteiger partial charge is 0.385 e. The lowest BCUT2D eigenvalue weighted by Crippen LogP contribution is -2.27. The Hall–Kier alpha value is -1.24. The second-order valence-electron chi connectivity index (χ2n) is 4.44. The minimum absolute atomic E-state index is 0.0572. The summed E-state index contributed by atoms with van der Waals surface area (Å²) in [6.07, 6.45) is 2.62. The third-order valence-electron chi connectivity index (χ3n) is 2.95. The minimum Gasteiger partial charge on any atom is -0.385 e. The van der Waals surface area contributed by atoms with E-state index in [1.54, 1.807) is 18.0 Å². The second kappa shape index (κ2) is 6.79. The predicted molar refractivity (Wildman–Crippen MR) is 78.0 cm³/mol. The first kappa shape index (κ1) is 14.2. The molecule has 0 radical (unpaired) electrons. The van der Waals surface area contributed by atoms with Crippen LogP contribution in [-0.4, -0.2) is 36.4 Å². The molecule has 0 aliphatic rings. The third kappa shape index (κ3) is 3.40. The molecule has 2 heterocycles. The van der Waals surface area contributed by atoms with Crippen molar-refractivity contribution in [3.05, 3.63) is 27.6 Å². The zero-order valence-electron chi connectivity index (χ0n) is 11.3. The van der Waals surface area contributed by atoms with E-state index in [1.165, 1.54) is 11.3 Å². The molecule has 0 spiro atoms. The molecule has 0 bridgehead atoms. The van der Waals surface area contributed by atoms with E-state index in [0.717, 1.165) is 41.9 Å². The van der Waals surface area contributed by atoms with E-state index in [9.17, 15) is 4.79 Å². The third-order valence-corrected chi connectivity index (χ3v) is 4.03. The minimum atomic E-state index is 0.0572. The van der Waals surface area contributed by atoms with Crippen molar-refractivity contribution in [1.29, 1.82) is 0 Å². The van der Waals surface area contributed by atoms with Gasteiger partial charge in [0.1, 0.15) is 4.70 Å². The number of hydrogen-bond acceptors (Lipinski definition) is 5. The molecule has 0 aliphatic heterocycles. The quantitative estimate of drug-likeness (QED) is 0.779. The predicted octanol–water partition coefficient (Wildman–Crippen LogP) is 1.39. The van der Waals surface area contributed by atoms with Gasteiger partial charge in [-0.15, -0.1) is 11.3 Å². The van der Waals surface area contributed by atoms with Crippen molar-refractivity contribution in [1.82, 2.24) is 14.9 Å². The lowest BCUT2D eigenvalue weighted by molar-refractivity contribution is 0.194. The summed E-state index contributed by atoms with van der Waals surface area (Å²) in [5.41, 5.74) is 1.96. The van der Waals surface area contributed by atoms with Gasteiger partial charge in [0.2, 0.25) is 0 Å². The van der Waals surface area contributed by atoms with Crippen LogP contribution in [0.15, 0.2) is 16.5 Å². The number of rotatable bonds is 7. The van der Waals surface area contributed by atoms with Crippen molar-refractivity contribution in [3.63, 3.8) is 0 Å². The molecule has 0 saturated carbocycles. The van der Waals surface area contributed by atoms with Crippen LogP contribution in [-0.2, 0) is 11.3 Å². The SMILES string of the molecule is COCCCNCCn1cnc2c(C)csc2c1=O. The molecule has 0 aliphatic carbocycles. The Balaban J connectivity index is 1.94. The van der Waals surface area contributed by atoms with Crippen molar-refractivity contribution in [3.8, 4) is 0 Å². The molecular weight excluding hydrogens is 262 g/mol. The van der Waals surface area contributed by atoms with Gasteiger partial charge in [0.15, 0.2) is 0 Å².